The van der Waals surface area contributed by atoms with E-state index < -0.39 is 12.1 Å². The molecule has 2 aliphatic rings. The smallest absolute Gasteiger partial charge is 0.475 e. The highest BCUT2D eigenvalue weighted by molar-refractivity contribution is 5.73. The number of piperidine rings is 1. The fourth-order valence-corrected chi connectivity index (χ4v) is 3.95. The lowest BCUT2D eigenvalue weighted by Gasteiger charge is -2.48. The van der Waals surface area contributed by atoms with Crippen LogP contribution in [0.4, 0.5) is 19.1 Å². The van der Waals surface area contributed by atoms with Crippen molar-refractivity contribution in [2.45, 2.75) is 38.1 Å². The molecule has 2 fully saturated rings. The fourth-order valence-electron chi connectivity index (χ4n) is 3.95. The van der Waals surface area contributed by atoms with Crippen LogP contribution in [0.15, 0.2) is 36.7 Å². The Morgan fingerprint density at radius 1 is 1.19 bits per heavy atom. The van der Waals surface area contributed by atoms with Crippen molar-refractivity contribution in [3.05, 3.63) is 48.0 Å². The molecule has 2 aromatic rings. The third-order valence-corrected chi connectivity index (χ3v) is 5.28. The SMILES string of the molecule is Cc1cccc(CN2CCOC3(CCCN(c4ncccn4)C3)C2)n1.O=C(O)C(F)(F)F. The predicted octanol–water partition coefficient (Wildman–Crippen LogP) is 2.68. The molecule has 174 valence electrons. The predicted molar refractivity (Wildman–Crippen MR) is 110 cm³/mol. The molecular formula is C21H26F3N5O3. The highest BCUT2D eigenvalue weighted by atomic mass is 19.4. The molecule has 0 amide bonds. The molecule has 1 spiro atoms. The number of carbonyl (C=O) groups is 1. The number of ether oxygens (including phenoxy) is 1. The van der Waals surface area contributed by atoms with E-state index in [2.05, 4.69) is 36.9 Å². The largest absolute Gasteiger partial charge is 0.490 e. The summed E-state index contributed by atoms with van der Waals surface area (Å²) >= 11 is 0. The van der Waals surface area contributed by atoms with Gasteiger partial charge < -0.3 is 14.7 Å². The first kappa shape index (κ1) is 23.9. The zero-order valence-electron chi connectivity index (χ0n) is 17.8. The molecule has 4 rings (SSSR count). The molecule has 0 aromatic carbocycles. The van der Waals surface area contributed by atoms with E-state index >= 15 is 0 Å². The van der Waals surface area contributed by atoms with Crippen molar-refractivity contribution in [1.29, 1.82) is 0 Å². The van der Waals surface area contributed by atoms with Gasteiger partial charge in [-0.1, -0.05) is 6.07 Å². The van der Waals surface area contributed by atoms with Crippen LogP contribution in [0.1, 0.15) is 24.2 Å². The second kappa shape index (κ2) is 10.2. The van der Waals surface area contributed by atoms with Crippen LogP contribution in [0.3, 0.4) is 0 Å². The van der Waals surface area contributed by atoms with Gasteiger partial charge in [-0.3, -0.25) is 9.88 Å². The molecule has 1 unspecified atom stereocenters. The van der Waals surface area contributed by atoms with Crippen molar-refractivity contribution in [2.24, 2.45) is 0 Å². The van der Waals surface area contributed by atoms with Crippen LogP contribution in [-0.2, 0) is 16.1 Å². The first-order valence-corrected chi connectivity index (χ1v) is 10.3. The van der Waals surface area contributed by atoms with E-state index in [-0.39, 0.29) is 5.60 Å². The molecule has 1 atom stereocenters. The fraction of sp³-hybridized carbons (Fsp3) is 0.524. The number of pyridine rings is 1. The maximum Gasteiger partial charge on any atom is 0.490 e. The lowest BCUT2D eigenvalue weighted by Crippen LogP contribution is -2.59. The number of rotatable bonds is 3. The van der Waals surface area contributed by atoms with Gasteiger partial charge in [0.05, 0.1) is 24.4 Å². The average Bonchev–Trinajstić information content (AvgIpc) is 2.74. The molecule has 11 heteroatoms. The molecule has 32 heavy (non-hydrogen) atoms. The lowest BCUT2D eigenvalue weighted by atomic mass is 9.90. The van der Waals surface area contributed by atoms with Crippen molar-refractivity contribution in [1.82, 2.24) is 19.9 Å². The Labute approximate surface area is 184 Å². The first-order valence-electron chi connectivity index (χ1n) is 10.3. The first-order chi connectivity index (χ1) is 15.2. The normalized spacial score (nSPS) is 21.7. The summed E-state index contributed by atoms with van der Waals surface area (Å²) in [6.07, 6.45) is 0.727. The van der Waals surface area contributed by atoms with Gasteiger partial charge in [0.15, 0.2) is 0 Å². The summed E-state index contributed by atoms with van der Waals surface area (Å²) in [6, 6.07) is 8.10. The minimum absolute atomic E-state index is 0.125. The summed E-state index contributed by atoms with van der Waals surface area (Å²) in [5, 5.41) is 7.12. The van der Waals surface area contributed by atoms with Crippen LogP contribution in [0.2, 0.25) is 0 Å². The van der Waals surface area contributed by atoms with Crippen molar-refractivity contribution >= 4 is 11.9 Å². The number of carboxylic acid groups (broad SMARTS) is 1. The van der Waals surface area contributed by atoms with E-state index in [1.807, 2.05) is 19.1 Å². The summed E-state index contributed by atoms with van der Waals surface area (Å²) in [7, 11) is 0. The zero-order valence-corrected chi connectivity index (χ0v) is 17.8. The van der Waals surface area contributed by atoms with Gasteiger partial charge in [0.25, 0.3) is 0 Å². The Balaban J connectivity index is 0.000000360. The standard InChI is InChI=1S/C19H25N5O.C2HF3O2/c1-16-5-2-6-17(22-16)13-23-11-12-25-19(14-23)7-3-10-24(15-19)18-20-8-4-9-21-18;3-2(4,5)1(6)7/h2,4-6,8-9H,3,7,10-15H2,1H3;(H,6,7). The molecule has 8 nitrogen and oxygen atoms in total. The highest BCUT2D eigenvalue weighted by Crippen LogP contribution is 2.30. The maximum absolute atomic E-state index is 10.6. The van der Waals surface area contributed by atoms with Crippen molar-refractivity contribution in [3.8, 4) is 0 Å². The number of halogens is 3. The topological polar surface area (TPSA) is 91.7 Å². The molecule has 2 saturated heterocycles. The van der Waals surface area contributed by atoms with Gasteiger partial charge in [0.1, 0.15) is 0 Å². The van der Waals surface area contributed by atoms with Crippen LogP contribution >= 0.6 is 0 Å². The van der Waals surface area contributed by atoms with Gasteiger partial charge in [0.2, 0.25) is 5.95 Å². The molecule has 2 aromatic heterocycles. The third-order valence-electron chi connectivity index (χ3n) is 5.28. The molecule has 0 bridgehead atoms. The van der Waals surface area contributed by atoms with Gasteiger partial charge in [-0.2, -0.15) is 13.2 Å². The van der Waals surface area contributed by atoms with Gasteiger partial charge in [0, 0.05) is 44.3 Å². The van der Waals surface area contributed by atoms with Crippen LogP contribution < -0.4 is 4.90 Å². The van der Waals surface area contributed by atoms with E-state index in [1.54, 1.807) is 12.4 Å². The van der Waals surface area contributed by atoms with Crippen molar-refractivity contribution in [2.75, 3.05) is 37.7 Å². The van der Waals surface area contributed by atoms with Crippen molar-refractivity contribution < 1.29 is 27.8 Å². The number of aromatic nitrogens is 3. The number of nitrogens with zero attached hydrogens (tertiary/aromatic N) is 5. The maximum atomic E-state index is 10.6. The van der Waals surface area contributed by atoms with Crippen molar-refractivity contribution in [3.63, 3.8) is 0 Å². The second-order valence-electron chi connectivity index (χ2n) is 7.89. The summed E-state index contributed by atoms with van der Waals surface area (Å²) < 4.78 is 38.0. The van der Waals surface area contributed by atoms with Crippen LogP contribution in [-0.4, -0.2) is 75.5 Å². The Morgan fingerprint density at radius 3 is 2.56 bits per heavy atom. The monoisotopic (exact) mass is 453 g/mol. The van der Waals surface area contributed by atoms with Crippen LogP contribution in [0.25, 0.3) is 0 Å². The Hall–Kier alpha value is -2.79. The summed E-state index contributed by atoms with van der Waals surface area (Å²) in [5.74, 6) is -1.95. The number of hydrogen-bond acceptors (Lipinski definition) is 7. The summed E-state index contributed by atoms with van der Waals surface area (Å²) in [5.41, 5.74) is 2.08. The van der Waals surface area contributed by atoms with E-state index in [0.717, 1.165) is 69.5 Å². The Morgan fingerprint density at radius 2 is 1.91 bits per heavy atom. The van der Waals surface area contributed by atoms with Gasteiger partial charge in [-0.25, -0.2) is 14.8 Å². The number of morpholine rings is 1. The van der Waals surface area contributed by atoms with E-state index in [4.69, 9.17) is 14.6 Å². The minimum atomic E-state index is -5.08. The number of carboxylic acids is 1. The molecule has 1 N–H and O–H groups in total. The number of anilines is 1. The highest BCUT2D eigenvalue weighted by Gasteiger charge is 2.41. The van der Waals surface area contributed by atoms with E-state index in [9.17, 15) is 13.2 Å². The third kappa shape index (κ3) is 6.60. The van der Waals surface area contributed by atoms with Crippen LogP contribution in [0.5, 0.6) is 0 Å². The summed E-state index contributed by atoms with van der Waals surface area (Å²) in [6.45, 7) is 7.45. The second-order valence-corrected chi connectivity index (χ2v) is 7.89. The lowest BCUT2D eigenvalue weighted by molar-refractivity contribution is -0.192. The number of alkyl halides is 3. The Kier molecular flexibility index (Phi) is 7.62. The minimum Gasteiger partial charge on any atom is -0.475 e. The molecule has 0 saturated carbocycles. The molecule has 0 radical (unpaired) electrons. The van der Waals surface area contributed by atoms with E-state index in [0.29, 0.717) is 0 Å². The summed E-state index contributed by atoms with van der Waals surface area (Å²) in [4.78, 5) is 27.1. The number of aryl methyl sites for hydroxylation is 1. The average molecular weight is 453 g/mol. The van der Waals surface area contributed by atoms with Crippen LogP contribution in [0, 0.1) is 6.92 Å². The quantitative estimate of drug-likeness (QED) is 0.759. The molecule has 4 heterocycles. The molecule has 0 aliphatic carbocycles. The number of hydrogen-bond donors (Lipinski definition) is 1. The molecular weight excluding hydrogens is 427 g/mol. The zero-order chi connectivity index (χ0) is 23.2. The molecule has 2 aliphatic heterocycles. The van der Waals surface area contributed by atoms with Gasteiger partial charge in [-0.15, -0.1) is 0 Å². The number of aliphatic carboxylic acids is 1. The van der Waals surface area contributed by atoms with Gasteiger partial charge >= 0.3 is 12.1 Å². The van der Waals surface area contributed by atoms with E-state index in [1.165, 1.54) is 0 Å². The Bertz CT molecular complexity index is 896. The van der Waals surface area contributed by atoms with Gasteiger partial charge in [-0.05, 0) is 38.0 Å².